The number of hydrogen-bond acceptors (Lipinski definition) is 7. The van der Waals surface area contributed by atoms with Crippen LogP contribution in [0.5, 0.6) is 0 Å². The highest BCUT2D eigenvalue weighted by Crippen LogP contribution is 2.28. The Balaban J connectivity index is 1.45. The van der Waals surface area contributed by atoms with Crippen molar-refractivity contribution >= 4 is 11.8 Å². The minimum Gasteiger partial charge on any atom is -0.390 e. The number of rotatable bonds is 9. The second kappa shape index (κ2) is 10.1. The second-order valence-electron chi connectivity index (χ2n) is 6.99. The normalized spacial score (nSPS) is 17.3. The predicted molar refractivity (Wildman–Crippen MR) is 111 cm³/mol. The molecular formula is C21H23FN4O3S. The average molecular weight is 431 g/mol. The number of aliphatic hydroxyl groups is 1. The Bertz CT molecular complexity index is 933. The number of hydrogen-bond donors (Lipinski definition) is 1. The lowest BCUT2D eigenvalue weighted by Gasteiger charge is -2.14. The molecule has 0 aliphatic carbocycles. The molecule has 7 nitrogen and oxygen atoms in total. The van der Waals surface area contributed by atoms with E-state index in [-0.39, 0.29) is 18.5 Å². The van der Waals surface area contributed by atoms with Crippen molar-refractivity contribution in [1.82, 2.24) is 19.7 Å². The van der Waals surface area contributed by atoms with Crippen molar-refractivity contribution in [2.75, 3.05) is 25.6 Å². The van der Waals surface area contributed by atoms with Crippen LogP contribution in [0.15, 0.2) is 53.9 Å². The lowest BCUT2D eigenvalue weighted by Crippen LogP contribution is -2.22. The number of pyridine rings is 1. The van der Waals surface area contributed by atoms with Gasteiger partial charge in [0.25, 0.3) is 0 Å². The summed E-state index contributed by atoms with van der Waals surface area (Å²) in [4.78, 5) is 4.04. The first-order chi connectivity index (χ1) is 14.7. The summed E-state index contributed by atoms with van der Waals surface area (Å²) in [5.41, 5.74) is 1.58. The minimum absolute atomic E-state index is 0.134. The Labute approximate surface area is 178 Å². The fourth-order valence-corrected chi connectivity index (χ4v) is 4.06. The number of ether oxygens (including phenoxy) is 2. The Hall–Kier alpha value is -2.33. The number of aromatic nitrogens is 4. The highest BCUT2D eigenvalue weighted by Gasteiger charge is 2.19. The van der Waals surface area contributed by atoms with Gasteiger partial charge in [0.05, 0.1) is 25.4 Å². The Morgan fingerprint density at radius 3 is 2.73 bits per heavy atom. The van der Waals surface area contributed by atoms with Crippen molar-refractivity contribution in [2.24, 2.45) is 0 Å². The molecule has 2 aromatic heterocycles. The molecule has 1 fully saturated rings. The van der Waals surface area contributed by atoms with Crippen molar-refractivity contribution < 1.29 is 19.0 Å². The molecule has 0 saturated carbocycles. The third-order valence-electron chi connectivity index (χ3n) is 4.70. The molecule has 0 amide bonds. The van der Waals surface area contributed by atoms with E-state index < -0.39 is 6.10 Å². The molecule has 2 atom stereocenters. The van der Waals surface area contributed by atoms with Gasteiger partial charge < -0.3 is 14.6 Å². The van der Waals surface area contributed by atoms with Crippen molar-refractivity contribution in [2.45, 2.75) is 30.2 Å². The van der Waals surface area contributed by atoms with Crippen LogP contribution in [0.2, 0.25) is 0 Å². The molecule has 1 aliphatic rings. The van der Waals surface area contributed by atoms with Crippen LogP contribution in [0.1, 0.15) is 12.8 Å². The van der Waals surface area contributed by atoms with Crippen LogP contribution in [0.3, 0.4) is 0 Å². The standard InChI is InChI=1S/C21H23FN4O3S/c22-16-3-5-17(6-4-16)26-20(15-7-9-23-10-8-15)24-25-21(26)30-14-18(27)12-28-13-19-2-1-11-29-19/h3-10,18-19,27H,1-2,11-14H2/t18-,19-/m1/s1. The zero-order valence-corrected chi connectivity index (χ0v) is 17.2. The van der Waals surface area contributed by atoms with E-state index in [1.165, 1.54) is 23.9 Å². The fourth-order valence-electron chi connectivity index (χ4n) is 3.20. The van der Waals surface area contributed by atoms with Gasteiger partial charge in [-0.25, -0.2) is 4.39 Å². The van der Waals surface area contributed by atoms with Gasteiger partial charge in [0.15, 0.2) is 11.0 Å². The Morgan fingerprint density at radius 2 is 2.00 bits per heavy atom. The van der Waals surface area contributed by atoms with Crippen LogP contribution in [0.4, 0.5) is 4.39 Å². The average Bonchev–Trinajstić information content (AvgIpc) is 3.43. The van der Waals surface area contributed by atoms with Crippen molar-refractivity contribution in [1.29, 1.82) is 0 Å². The molecule has 3 heterocycles. The topological polar surface area (TPSA) is 82.3 Å². The second-order valence-corrected chi connectivity index (χ2v) is 7.98. The number of nitrogens with zero attached hydrogens (tertiary/aromatic N) is 4. The molecule has 0 unspecified atom stereocenters. The molecule has 3 aromatic rings. The molecule has 9 heteroatoms. The van der Waals surface area contributed by atoms with Gasteiger partial charge in [-0.2, -0.15) is 0 Å². The van der Waals surface area contributed by atoms with Gasteiger partial charge >= 0.3 is 0 Å². The molecular weight excluding hydrogens is 407 g/mol. The van der Waals surface area contributed by atoms with Crippen LogP contribution in [-0.4, -0.2) is 62.6 Å². The molecule has 0 radical (unpaired) electrons. The van der Waals surface area contributed by atoms with Gasteiger partial charge in [0, 0.05) is 36.0 Å². The molecule has 4 rings (SSSR count). The summed E-state index contributed by atoms with van der Waals surface area (Å²) in [7, 11) is 0. The highest BCUT2D eigenvalue weighted by molar-refractivity contribution is 7.99. The van der Waals surface area contributed by atoms with Gasteiger partial charge in [-0.15, -0.1) is 10.2 Å². The molecule has 0 bridgehead atoms. The Kier molecular flexibility index (Phi) is 7.06. The summed E-state index contributed by atoms with van der Waals surface area (Å²) < 4.78 is 26.4. The lowest BCUT2D eigenvalue weighted by molar-refractivity contribution is -0.0114. The van der Waals surface area contributed by atoms with Gasteiger partial charge in [-0.05, 0) is 49.2 Å². The van der Waals surface area contributed by atoms with E-state index >= 15 is 0 Å². The largest absolute Gasteiger partial charge is 0.390 e. The summed E-state index contributed by atoms with van der Waals surface area (Å²) in [5, 5.41) is 19.5. The van der Waals surface area contributed by atoms with Gasteiger partial charge in [-0.3, -0.25) is 9.55 Å². The molecule has 158 valence electrons. The molecule has 1 saturated heterocycles. The lowest BCUT2D eigenvalue weighted by atomic mass is 10.2. The van der Waals surface area contributed by atoms with E-state index in [0.29, 0.717) is 23.3 Å². The third-order valence-corrected chi connectivity index (χ3v) is 5.77. The van der Waals surface area contributed by atoms with Crippen LogP contribution >= 0.6 is 11.8 Å². The highest BCUT2D eigenvalue weighted by atomic mass is 32.2. The third kappa shape index (κ3) is 5.23. The molecule has 0 spiro atoms. The summed E-state index contributed by atoms with van der Waals surface area (Å²) in [5.74, 6) is 0.696. The van der Waals surface area contributed by atoms with Crippen LogP contribution < -0.4 is 0 Å². The SMILES string of the molecule is O[C@H](COC[C@H]1CCCO1)CSc1nnc(-c2ccncc2)n1-c1ccc(F)cc1. The number of benzene rings is 1. The Morgan fingerprint density at radius 1 is 1.20 bits per heavy atom. The maximum Gasteiger partial charge on any atom is 0.196 e. The van der Waals surface area contributed by atoms with Crippen LogP contribution in [-0.2, 0) is 9.47 Å². The number of aliphatic hydroxyl groups excluding tert-OH is 1. The minimum atomic E-state index is -0.654. The van der Waals surface area contributed by atoms with Gasteiger partial charge in [-0.1, -0.05) is 11.8 Å². The van der Waals surface area contributed by atoms with E-state index in [1.807, 2.05) is 16.7 Å². The van der Waals surface area contributed by atoms with Crippen molar-refractivity contribution in [3.05, 3.63) is 54.6 Å². The first kappa shape index (κ1) is 20.9. The van der Waals surface area contributed by atoms with E-state index in [4.69, 9.17) is 9.47 Å². The summed E-state index contributed by atoms with van der Waals surface area (Å²) in [6.07, 6.45) is 4.91. The zero-order valence-electron chi connectivity index (χ0n) is 16.4. The van der Waals surface area contributed by atoms with E-state index in [0.717, 1.165) is 30.7 Å². The van der Waals surface area contributed by atoms with Crippen molar-refractivity contribution in [3.63, 3.8) is 0 Å². The first-order valence-electron chi connectivity index (χ1n) is 9.82. The smallest absolute Gasteiger partial charge is 0.196 e. The quantitative estimate of drug-likeness (QED) is 0.522. The summed E-state index contributed by atoms with van der Waals surface area (Å²) >= 11 is 1.37. The number of halogens is 1. The molecule has 1 N–H and O–H groups in total. The molecule has 30 heavy (non-hydrogen) atoms. The summed E-state index contributed by atoms with van der Waals surface area (Å²) in [6, 6.07) is 9.82. The first-order valence-corrected chi connectivity index (χ1v) is 10.8. The predicted octanol–water partition coefficient (Wildman–Crippen LogP) is 3.12. The van der Waals surface area contributed by atoms with Gasteiger partial charge in [0.2, 0.25) is 0 Å². The maximum absolute atomic E-state index is 13.4. The fraction of sp³-hybridized carbons (Fsp3) is 0.381. The number of thioether (sulfide) groups is 1. The van der Waals surface area contributed by atoms with Crippen LogP contribution in [0, 0.1) is 5.82 Å². The van der Waals surface area contributed by atoms with Crippen molar-refractivity contribution in [3.8, 4) is 17.1 Å². The van der Waals surface area contributed by atoms with E-state index in [1.54, 1.807) is 24.5 Å². The molecule has 1 aliphatic heterocycles. The maximum atomic E-state index is 13.4. The van der Waals surface area contributed by atoms with E-state index in [2.05, 4.69) is 15.2 Å². The van der Waals surface area contributed by atoms with Gasteiger partial charge in [0.1, 0.15) is 5.82 Å². The zero-order chi connectivity index (χ0) is 20.8. The molecule has 1 aromatic carbocycles. The monoisotopic (exact) mass is 430 g/mol. The van der Waals surface area contributed by atoms with E-state index in [9.17, 15) is 9.50 Å². The van der Waals surface area contributed by atoms with Crippen LogP contribution in [0.25, 0.3) is 17.1 Å². The summed E-state index contributed by atoms with van der Waals surface area (Å²) in [6.45, 7) is 1.51.